The summed E-state index contributed by atoms with van der Waals surface area (Å²) in [6, 6.07) is 0. The fraction of sp³-hybridized carbons (Fsp3) is 1.00. The molecular formula is C10H18. The zero-order chi connectivity index (χ0) is 6.86. The van der Waals surface area contributed by atoms with Gasteiger partial charge in [-0.3, -0.25) is 0 Å². The highest BCUT2D eigenvalue weighted by molar-refractivity contribution is 4.92. The molecule has 0 aliphatic heterocycles. The topological polar surface area (TPSA) is 0 Å². The van der Waals surface area contributed by atoms with Crippen LogP contribution in [0.1, 0.15) is 57.8 Å². The third-order valence-electron chi connectivity index (χ3n) is 3.37. The largest absolute Gasteiger partial charge is 0.0533 e. The molecule has 10 heavy (non-hydrogen) atoms. The van der Waals surface area contributed by atoms with E-state index in [1.165, 1.54) is 32.1 Å². The number of hydrogen-bond acceptors (Lipinski definition) is 0. The summed E-state index contributed by atoms with van der Waals surface area (Å²) < 4.78 is 0. The van der Waals surface area contributed by atoms with E-state index in [1.54, 1.807) is 25.7 Å². The van der Waals surface area contributed by atoms with Crippen molar-refractivity contribution in [3.05, 3.63) is 0 Å². The van der Waals surface area contributed by atoms with Crippen LogP contribution in [-0.2, 0) is 0 Å². The fourth-order valence-corrected chi connectivity index (χ4v) is 2.33. The summed E-state index contributed by atoms with van der Waals surface area (Å²) in [7, 11) is 0. The molecule has 0 bridgehead atoms. The molecule has 0 heterocycles. The van der Waals surface area contributed by atoms with Crippen molar-refractivity contribution in [2.45, 2.75) is 57.8 Å². The van der Waals surface area contributed by atoms with Crippen LogP contribution in [0.4, 0.5) is 0 Å². The molecule has 58 valence electrons. The average Bonchev–Trinajstić information content (AvgIpc) is 2.61. The second-order valence-electron chi connectivity index (χ2n) is 4.27. The maximum Gasteiger partial charge on any atom is -0.0297 e. The number of rotatable bonds is 0. The second kappa shape index (κ2) is 2.56. The van der Waals surface area contributed by atoms with Crippen molar-refractivity contribution >= 4 is 0 Å². The minimum Gasteiger partial charge on any atom is -0.0533 e. The average molecular weight is 138 g/mol. The Morgan fingerprint density at radius 2 is 1.00 bits per heavy atom. The van der Waals surface area contributed by atoms with Gasteiger partial charge in [0.2, 0.25) is 0 Å². The molecule has 2 aliphatic rings. The lowest BCUT2D eigenvalue weighted by Crippen LogP contribution is -2.02. The molecule has 0 heteroatoms. The van der Waals surface area contributed by atoms with Gasteiger partial charge in [-0.1, -0.05) is 32.1 Å². The molecular weight excluding hydrogens is 120 g/mol. The highest BCUT2D eigenvalue weighted by atomic mass is 14.5. The molecule has 0 aromatic heterocycles. The zero-order valence-corrected chi connectivity index (χ0v) is 6.86. The van der Waals surface area contributed by atoms with E-state index in [2.05, 4.69) is 0 Å². The normalized spacial score (nSPS) is 31.2. The molecule has 0 radical (unpaired) electrons. The Balaban J connectivity index is 1.84. The van der Waals surface area contributed by atoms with Gasteiger partial charge in [-0.2, -0.15) is 0 Å². The molecule has 2 fully saturated rings. The van der Waals surface area contributed by atoms with Gasteiger partial charge < -0.3 is 0 Å². The Kier molecular flexibility index (Phi) is 1.71. The lowest BCUT2D eigenvalue weighted by molar-refractivity contribution is 0.359. The first kappa shape index (κ1) is 6.69. The molecule has 2 rings (SSSR count). The van der Waals surface area contributed by atoms with Crippen LogP contribution in [-0.4, -0.2) is 0 Å². The summed E-state index contributed by atoms with van der Waals surface area (Å²) in [6.45, 7) is 0. The fourth-order valence-electron chi connectivity index (χ4n) is 2.33. The Morgan fingerprint density at radius 1 is 0.500 bits per heavy atom. The third kappa shape index (κ3) is 1.36. The van der Waals surface area contributed by atoms with Crippen LogP contribution in [0.5, 0.6) is 0 Å². The van der Waals surface area contributed by atoms with Gasteiger partial charge >= 0.3 is 0 Å². The van der Waals surface area contributed by atoms with Crippen LogP contribution < -0.4 is 0 Å². The summed E-state index contributed by atoms with van der Waals surface area (Å²) in [5.74, 6) is 0. The summed E-state index contributed by atoms with van der Waals surface area (Å²) in [4.78, 5) is 0. The van der Waals surface area contributed by atoms with Gasteiger partial charge in [0, 0.05) is 0 Å². The van der Waals surface area contributed by atoms with E-state index in [1.807, 2.05) is 0 Å². The van der Waals surface area contributed by atoms with Gasteiger partial charge in [0.1, 0.15) is 0 Å². The van der Waals surface area contributed by atoms with Gasteiger partial charge in [-0.25, -0.2) is 0 Å². The highest BCUT2D eigenvalue weighted by Crippen LogP contribution is 2.54. The van der Waals surface area contributed by atoms with Crippen molar-refractivity contribution in [3.8, 4) is 0 Å². The lowest BCUT2D eigenvalue weighted by atomic mass is 9.89. The molecule has 2 aliphatic carbocycles. The Morgan fingerprint density at radius 3 is 1.50 bits per heavy atom. The van der Waals surface area contributed by atoms with E-state index >= 15 is 0 Å². The van der Waals surface area contributed by atoms with Gasteiger partial charge in [0.05, 0.1) is 0 Å². The smallest absolute Gasteiger partial charge is 0.0297 e. The van der Waals surface area contributed by atoms with E-state index in [0.29, 0.717) is 0 Å². The van der Waals surface area contributed by atoms with Crippen molar-refractivity contribution in [2.24, 2.45) is 5.41 Å². The zero-order valence-electron chi connectivity index (χ0n) is 6.86. The van der Waals surface area contributed by atoms with Crippen molar-refractivity contribution in [2.75, 3.05) is 0 Å². The van der Waals surface area contributed by atoms with Gasteiger partial charge in [0.25, 0.3) is 0 Å². The van der Waals surface area contributed by atoms with Gasteiger partial charge in [-0.15, -0.1) is 0 Å². The van der Waals surface area contributed by atoms with Gasteiger partial charge in [-0.05, 0) is 31.1 Å². The molecule has 0 saturated heterocycles. The van der Waals surface area contributed by atoms with Crippen molar-refractivity contribution in [1.82, 2.24) is 0 Å². The van der Waals surface area contributed by atoms with E-state index in [0.717, 1.165) is 5.41 Å². The molecule has 0 nitrogen and oxygen atoms in total. The summed E-state index contributed by atoms with van der Waals surface area (Å²) in [5, 5.41) is 0. The van der Waals surface area contributed by atoms with Crippen LogP contribution >= 0.6 is 0 Å². The van der Waals surface area contributed by atoms with Crippen molar-refractivity contribution in [1.29, 1.82) is 0 Å². The molecule has 0 N–H and O–H groups in total. The Bertz CT molecular complexity index is 101. The predicted molar refractivity (Wildman–Crippen MR) is 44.0 cm³/mol. The lowest BCUT2D eigenvalue weighted by Gasteiger charge is -2.17. The van der Waals surface area contributed by atoms with Crippen LogP contribution in [0, 0.1) is 5.41 Å². The van der Waals surface area contributed by atoms with Crippen molar-refractivity contribution < 1.29 is 0 Å². The second-order valence-corrected chi connectivity index (χ2v) is 4.27. The monoisotopic (exact) mass is 138 g/mol. The predicted octanol–water partition coefficient (Wildman–Crippen LogP) is 3.51. The van der Waals surface area contributed by atoms with Crippen LogP contribution in [0.15, 0.2) is 0 Å². The Hall–Kier alpha value is 0. The van der Waals surface area contributed by atoms with E-state index in [4.69, 9.17) is 0 Å². The third-order valence-corrected chi connectivity index (χ3v) is 3.37. The van der Waals surface area contributed by atoms with Crippen LogP contribution in [0.25, 0.3) is 0 Å². The van der Waals surface area contributed by atoms with E-state index < -0.39 is 0 Å². The summed E-state index contributed by atoms with van der Waals surface area (Å²) in [5.41, 5.74) is 0.903. The summed E-state index contributed by atoms with van der Waals surface area (Å²) in [6.07, 6.45) is 13.8. The van der Waals surface area contributed by atoms with Gasteiger partial charge in [0.15, 0.2) is 0 Å². The maximum atomic E-state index is 1.56. The van der Waals surface area contributed by atoms with Crippen molar-refractivity contribution in [3.63, 3.8) is 0 Å². The SMILES string of the molecule is C1CCCC2(CCC1)CC2. The van der Waals surface area contributed by atoms with E-state index in [9.17, 15) is 0 Å². The molecule has 1 spiro atoms. The molecule has 0 aromatic carbocycles. The highest BCUT2D eigenvalue weighted by Gasteiger charge is 2.40. The first-order chi connectivity index (χ1) is 4.91. The first-order valence-corrected chi connectivity index (χ1v) is 4.91. The molecule has 0 atom stereocenters. The minimum atomic E-state index is 0.903. The first-order valence-electron chi connectivity index (χ1n) is 4.91. The summed E-state index contributed by atoms with van der Waals surface area (Å²) >= 11 is 0. The standard InChI is InChI=1S/C10H18/c1-2-4-6-10(8-9-10)7-5-3-1/h1-9H2. The molecule has 0 unspecified atom stereocenters. The molecule has 0 amide bonds. The van der Waals surface area contributed by atoms with E-state index in [-0.39, 0.29) is 0 Å². The molecule has 2 saturated carbocycles. The quantitative estimate of drug-likeness (QED) is 0.480. The maximum absolute atomic E-state index is 1.56. The Labute approximate surface area is 64.0 Å². The van der Waals surface area contributed by atoms with Crippen LogP contribution in [0.3, 0.4) is 0 Å². The number of hydrogen-bond donors (Lipinski definition) is 0. The minimum absolute atomic E-state index is 0.903. The van der Waals surface area contributed by atoms with Crippen LogP contribution in [0.2, 0.25) is 0 Å². The molecule has 0 aromatic rings.